The number of benzene rings is 2. The first-order valence-corrected chi connectivity index (χ1v) is 10.6. The van der Waals surface area contributed by atoms with Crippen LogP contribution in [-0.2, 0) is 27.3 Å². The van der Waals surface area contributed by atoms with Gasteiger partial charge in [-0.15, -0.1) is 0 Å². The number of nitrogens with one attached hydrogen (secondary N) is 1. The molecule has 0 spiro atoms. The smallest absolute Gasteiger partial charge is 0.408 e. The molecule has 0 aliphatic carbocycles. The van der Waals surface area contributed by atoms with E-state index in [4.69, 9.17) is 19.9 Å². The van der Waals surface area contributed by atoms with Gasteiger partial charge in [-0.05, 0) is 49.6 Å². The van der Waals surface area contributed by atoms with Crippen molar-refractivity contribution in [3.63, 3.8) is 0 Å². The Morgan fingerprint density at radius 1 is 1.03 bits per heavy atom. The Balaban J connectivity index is 1.89. The Hall–Kier alpha value is -3.06. The van der Waals surface area contributed by atoms with Crippen molar-refractivity contribution in [2.24, 2.45) is 5.73 Å². The van der Waals surface area contributed by atoms with Crippen LogP contribution in [0.15, 0.2) is 54.6 Å². The molecule has 2 aromatic rings. The molecular formula is C24H32N2O5. The van der Waals surface area contributed by atoms with Crippen molar-refractivity contribution >= 4 is 12.1 Å². The number of hydrogen-bond donors (Lipinski definition) is 2. The summed E-state index contributed by atoms with van der Waals surface area (Å²) in [5, 5.41) is 2.60. The van der Waals surface area contributed by atoms with Gasteiger partial charge in [-0.1, -0.05) is 49.4 Å². The summed E-state index contributed by atoms with van der Waals surface area (Å²) in [5.41, 5.74) is 7.55. The van der Waals surface area contributed by atoms with Crippen molar-refractivity contribution in [3.05, 3.63) is 65.7 Å². The van der Waals surface area contributed by atoms with Gasteiger partial charge in [0.15, 0.2) is 0 Å². The first kappa shape index (κ1) is 24.2. The summed E-state index contributed by atoms with van der Waals surface area (Å²) in [5.74, 6) is 0.175. The van der Waals surface area contributed by atoms with Crippen LogP contribution >= 0.6 is 0 Å². The van der Waals surface area contributed by atoms with Crippen molar-refractivity contribution in [2.45, 2.75) is 51.9 Å². The number of carbonyl (C=O) groups excluding carboxylic acids is 2. The Kier molecular flexibility index (Phi) is 10.4. The number of esters is 1. The molecule has 0 aliphatic heterocycles. The third kappa shape index (κ3) is 9.09. The standard InChI is InChI=1S/C24H32N2O5/c1-3-18(2)31-23(27)22(26-24(28)30-17-20-7-5-4-6-8-20)14-16-29-21-11-9-19(10-12-21)13-15-25/h4-12,18,22H,3,13-17,25H2,1-2H3,(H,26,28)/t18?,22-/m0/s1. The molecule has 0 radical (unpaired) electrons. The van der Waals surface area contributed by atoms with Crippen molar-refractivity contribution in [1.29, 1.82) is 0 Å². The van der Waals surface area contributed by atoms with Gasteiger partial charge in [-0.2, -0.15) is 0 Å². The van der Waals surface area contributed by atoms with Gasteiger partial charge in [-0.3, -0.25) is 0 Å². The molecule has 0 saturated carbocycles. The minimum atomic E-state index is -0.867. The highest BCUT2D eigenvalue weighted by Gasteiger charge is 2.24. The van der Waals surface area contributed by atoms with Gasteiger partial charge in [0.2, 0.25) is 0 Å². The lowest BCUT2D eigenvalue weighted by molar-refractivity contribution is -0.151. The maximum absolute atomic E-state index is 12.5. The van der Waals surface area contributed by atoms with Crippen LogP contribution in [0.3, 0.4) is 0 Å². The Morgan fingerprint density at radius 3 is 2.39 bits per heavy atom. The quantitative estimate of drug-likeness (QED) is 0.501. The van der Waals surface area contributed by atoms with E-state index in [0.29, 0.717) is 18.7 Å². The maximum atomic E-state index is 12.5. The highest BCUT2D eigenvalue weighted by atomic mass is 16.6. The van der Waals surface area contributed by atoms with E-state index in [1.165, 1.54) is 0 Å². The van der Waals surface area contributed by atoms with E-state index < -0.39 is 18.1 Å². The molecule has 31 heavy (non-hydrogen) atoms. The van der Waals surface area contributed by atoms with Crippen LogP contribution in [0.2, 0.25) is 0 Å². The number of amides is 1. The summed E-state index contributed by atoms with van der Waals surface area (Å²) < 4.78 is 16.4. The summed E-state index contributed by atoms with van der Waals surface area (Å²) in [6.45, 7) is 4.67. The molecule has 0 heterocycles. The Bertz CT molecular complexity index is 795. The zero-order valence-corrected chi connectivity index (χ0v) is 18.2. The second kappa shape index (κ2) is 13.3. The number of hydrogen-bond acceptors (Lipinski definition) is 6. The van der Waals surface area contributed by atoms with Crippen molar-refractivity contribution < 1.29 is 23.8 Å². The van der Waals surface area contributed by atoms with E-state index in [2.05, 4.69) is 5.32 Å². The Labute approximate surface area is 183 Å². The second-order valence-electron chi connectivity index (χ2n) is 7.23. The van der Waals surface area contributed by atoms with Crippen LogP contribution in [0, 0.1) is 0 Å². The van der Waals surface area contributed by atoms with E-state index in [1.54, 1.807) is 0 Å². The number of carbonyl (C=O) groups is 2. The molecule has 1 unspecified atom stereocenters. The fourth-order valence-corrected chi connectivity index (χ4v) is 2.73. The number of ether oxygens (including phenoxy) is 3. The average molecular weight is 429 g/mol. The number of alkyl carbamates (subject to hydrolysis) is 1. The van der Waals surface area contributed by atoms with Gasteiger partial charge >= 0.3 is 12.1 Å². The van der Waals surface area contributed by atoms with E-state index in [-0.39, 0.29) is 25.7 Å². The van der Waals surface area contributed by atoms with E-state index in [1.807, 2.05) is 68.4 Å². The van der Waals surface area contributed by atoms with Gasteiger partial charge < -0.3 is 25.3 Å². The summed E-state index contributed by atoms with van der Waals surface area (Å²) in [7, 11) is 0. The third-order valence-corrected chi connectivity index (χ3v) is 4.71. The molecule has 2 atom stereocenters. The fourth-order valence-electron chi connectivity index (χ4n) is 2.73. The average Bonchev–Trinajstić information content (AvgIpc) is 2.79. The zero-order chi connectivity index (χ0) is 22.5. The number of rotatable bonds is 12. The molecule has 168 valence electrons. The molecule has 0 saturated heterocycles. The van der Waals surface area contributed by atoms with Crippen LogP contribution in [0.5, 0.6) is 5.75 Å². The minimum absolute atomic E-state index is 0.117. The molecule has 7 nitrogen and oxygen atoms in total. The second-order valence-corrected chi connectivity index (χ2v) is 7.23. The molecule has 0 fully saturated rings. The molecule has 1 amide bonds. The summed E-state index contributed by atoms with van der Waals surface area (Å²) in [6, 6.07) is 16.1. The van der Waals surface area contributed by atoms with Crippen LogP contribution in [-0.4, -0.2) is 37.4 Å². The molecule has 2 rings (SSSR count). The maximum Gasteiger partial charge on any atom is 0.408 e. The summed E-state index contributed by atoms with van der Waals surface area (Å²) >= 11 is 0. The monoisotopic (exact) mass is 428 g/mol. The van der Waals surface area contributed by atoms with Crippen LogP contribution in [0.1, 0.15) is 37.8 Å². The SMILES string of the molecule is CCC(C)OC(=O)[C@H](CCOc1ccc(CCN)cc1)NC(=O)OCc1ccccc1. The molecule has 7 heteroatoms. The van der Waals surface area contributed by atoms with Crippen molar-refractivity contribution in [3.8, 4) is 5.75 Å². The predicted molar refractivity (Wildman–Crippen MR) is 119 cm³/mol. The predicted octanol–water partition coefficient (Wildman–Crippen LogP) is 3.59. The molecule has 0 aromatic heterocycles. The molecular weight excluding hydrogens is 396 g/mol. The third-order valence-electron chi connectivity index (χ3n) is 4.71. The molecule has 0 aliphatic rings. The lowest BCUT2D eigenvalue weighted by Crippen LogP contribution is -2.43. The normalized spacial score (nSPS) is 12.5. The topological polar surface area (TPSA) is 99.9 Å². The van der Waals surface area contributed by atoms with Crippen LogP contribution in [0.25, 0.3) is 0 Å². The Morgan fingerprint density at radius 2 is 1.74 bits per heavy atom. The zero-order valence-electron chi connectivity index (χ0n) is 18.2. The highest BCUT2D eigenvalue weighted by molar-refractivity contribution is 5.81. The number of nitrogens with two attached hydrogens (primary N) is 1. The van der Waals surface area contributed by atoms with Crippen molar-refractivity contribution in [1.82, 2.24) is 5.32 Å². The van der Waals surface area contributed by atoms with E-state index in [0.717, 1.165) is 17.5 Å². The molecule has 2 aromatic carbocycles. The first-order chi connectivity index (χ1) is 15.0. The summed E-state index contributed by atoms with van der Waals surface area (Å²) in [4.78, 5) is 24.7. The van der Waals surface area contributed by atoms with Crippen LogP contribution < -0.4 is 15.8 Å². The minimum Gasteiger partial charge on any atom is -0.494 e. The van der Waals surface area contributed by atoms with Crippen LogP contribution in [0.4, 0.5) is 4.79 Å². The van der Waals surface area contributed by atoms with Gasteiger partial charge in [0.1, 0.15) is 18.4 Å². The molecule has 3 N–H and O–H groups in total. The molecule has 0 bridgehead atoms. The van der Waals surface area contributed by atoms with Gasteiger partial charge in [0.05, 0.1) is 12.7 Å². The van der Waals surface area contributed by atoms with Gasteiger partial charge in [0.25, 0.3) is 0 Å². The van der Waals surface area contributed by atoms with Gasteiger partial charge in [-0.25, -0.2) is 9.59 Å². The van der Waals surface area contributed by atoms with E-state index >= 15 is 0 Å². The first-order valence-electron chi connectivity index (χ1n) is 10.6. The lowest BCUT2D eigenvalue weighted by atomic mass is 10.1. The van der Waals surface area contributed by atoms with Gasteiger partial charge in [0, 0.05) is 6.42 Å². The fraction of sp³-hybridized carbons (Fsp3) is 0.417. The van der Waals surface area contributed by atoms with Crippen molar-refractivity contribution in [2.75, 3.05) is 13.2 Å². The highest BCUT2D eigenvalue weighted by Crippen LogP contribution is 2.13. The van der Waals surface area contributed by atoms with E-state index in [9.17, 15) is 9.59 Å². The largest absolute Gasteiger partial charge is 0.494 e. The summed E-state index contributed by atoms with van der Waals surface area (Å²) in [6.07, 6.45) is 0.816. The lowest BCUT2D eigenvalue weighted by Gasteiger charge is -2.20.